The molecule has 1 heteroatoms. The van der Waals surface area contributed by atoms with Crippen LogP contribution in [0.4, 0.5) is 17.1 Å². The average molecular weight is 586 g/mol. The second-order valence-corrected chi connectivity index (χ2v) is 12.2. The Balaban J connectivity index is 1.38. The summed E-state index contributed by atoms with van der Waals surface area (Å²) in [7, 11) is 0. The molecule has 0 spiro atoms. The van der Waals surface area contributed by atoms with E-state index in [2.05, 4.69) is 193 Å². The maximum Gasteiger partial charge on any atom is 0.0713 e. The third kappa shape index (κ3) is 4.02. The number of para-hydroxylation sites is 2. The van der Waals surface area contributed by atoms with Crippen LogP contribution in [0, 0.1) is 0 Å². The van der Waals surface area contributed by atoms with Crippen molar-refractivity contribution in [2.24, 2.45) is 0 Å². The van der Waals surface area contributed by atoms with Gasteiger partial charge < -0.3 is 4.90 Å². The molecule has 0 atom stereocenters. The lowest BCUT2D eigenvalue weighted by Gasteiger charge is -2.34. The van der Waals surface area contributed by atoms with Crippen molar-refractivity contribution in [2.45, 2.75) is 5.41 Å². The summed E-state index contributed by atoms with van der Waals surface area (Å²) in [5.41, 5.74) is 10.7. The maximum absolute atomic E-state index is 2.46. The molecule has 0 saturated carbocycles. The molecule has 216 valence electrons. The van der Waals surface area contributed by atoms with Gasteiger partial charge in [-0.2, -0.15) is 0 Å². The number of hydrogen-bond donors (Lipinski definition) is 0. The Morgan fingerprint density at radius 1 is 0.304 bits per heavy atom. The van der Waals surface area contributed by atoms with Gasteiger partial charge in [-0.3, -0.25) is 0 Å². The van der Waals surface area contributed by atoms with E-state index in [9.17, 15) is 0 Å². The molecule has 0 heterocycles. The minimum absolute atomic E-state index is 0.462. The van der Waals surface area contributed by atoms with Crippen LogP contribution in [0.1, 0.15) is 22.3 Å². The molecule has 8 aromatic carbocycles. The number of hydrogen-bond acceptors (Lipinski definition) is 1. The predicted molar refractivity (Wildman–Crippen MR) is 193 cm³/mol. The van der Waals surface area contributed by atoms with E-state index in [1.807, 2.05) is 0 Å². The van der Waals surface area contributed by atoms with Crippen LogP contribution in [0.15, 0.2) is 188 Å². The molecule has 9 rings (SSSR count). The molecule has 0 bridgehead atoms. The Labute approximate surface area is 269 Å². The third-order valence-corrected chi connectivity index (χ3v) is 9.64. The summed E-state index contributed by atoms with van der Waals surface area (Å²) in [6, 6.07) is 68.8. The van der Waals surface area contributed by atoms with Gasteiger partial charge in [0.25, 0.3) is 0 Å². The first-order chi connectivity index (χ1) is 22.8. The molecule has 46 heavy (non-hydrogen) atoms. The molecular formula is C45H31N. The van der Waals surface area contributed by atoms with E-state index >= 15 is 0 Å². The quantitative estimate of drug-likeness (QED) is 0.182. The van der Waals surface area contributed by atoms with Crippen LogP contribution >= 0.6 is 0 Å². The van der Waals surface area contributed by atoms with Crippen LogP contribution < -0.4 is 4.90 Å². The number of rotatable bonds is 5. The summed E-state index contributed by atoms with van der Waals surface area (Å²) in [6.45, 7) is 0. The van der Waals surface area contributed by atoms with Gasteiger partial charge in [0.1, 0.15) is 0 Å². The zero-order valence-corrected chi connectivity index (χ0v) is 25.3. The van der Waals surface area contributed by atoms with E-state index in [0.29, 0.717) is 0 Å². The van der Waals surface area contributed by atoms with E-state index in [0.717, 1.165) is 17.1 Å². The molecular weight excluding hydrogens is 555 g/mol. The second-order valence-electron chi connectivity index (χ2n) is 12.2. The fraction of sp³-hybridized carbons (Fsp3) is 0.0222. The minimum atomic E-state index is -0.462. The molecule has 1 nitrogen and oxygen atoms in total. The largest absolute Gasteiger partial charge is 0.310 e. The predicted octanol–water partition coefficient (Wildman–Crippen LogP) is 11.8. The van der Waals surface area contributed by atoms with E-state index < -0.39 is 5.41 Å². The van der Waals surface area contributed by atoms with Crippen LogP contribution in [-0.2, 0) is 5.41 Å². The highest BCUT2D eigenvalue weighted by Gasteiger charge is 2.46. The van der Waals surface area contributed by atoms with Gasteiger partial charge in [-0.15, -0.1) is 0 Å². The van der Waals surface area contributed by atoms with Gasteiger partial charge in [0.05, 0.1) is 5.41 Å². The first-order valence-electron chi connectivity index (χ1n) is 15.9. The lowest BCUT2D eigenvalue weighted by molar-refractivity contribution is 0.769. The fourth-order valence-corrected chi connectivity index (χ4v) is 7.66. The molecule has 0 saturated heterocycles. The van der Waals surface area contributed by atoms with Crippen LogP contribution in [0.3, 0.4) is 0 Å². The highest BCUT2D eigenvalue weighted by atomic mass is 15.1. The summed E-state index contributed by atoms with van der Waals surface area (Å²) < 4.78 is 0. The molecule has 0 radical (unpaired) electrons. The first-order valence-corrected chi connectivity index (χ1v) is 15.9. The maximum atomic E-state index is 2.46. The van der Waals surface area contributed by atoms with Crippen molar-refractivity contribution in [3.05, 3.63) is 210 Å². The monoisotopic (exact) mass is 585 g/mol. The number of anilines is 3. The summed E-state index contributed by atoms with van der Waals surface area (Å²) in [5, 5.41) is 5.04. The van der Waals surface area contributed by atoms with E-state index in [1.165, 1.54) is 54.9 Å². The zero-order chi connectivity index (χ0) is 30.5. The molecule has 0 aliphatic heterocycles. The van der Waals surface area contributed by atoms with Crippen molar-refractivity contribution in [2.75, 3.05) is 4.90 Å². The molecule has 1 aliphatic rings. The number of nitrogens with zero attached hydrogens (tertiary/aromatic N) is 1. The standard InChI is InChI=1S/C45H31N/c1-5-17-36(18-6-1)45(37-19-7-2-8-20-37)43-26-25-40(46(38-21-9-3-10-22-38)39-23-11-4-12-24-39)31-42(43)41-29-34-27-32-15-13-14-16-33(32)28-35(34)30-44(41)45/h1-31H. The zero-order valence-electron chi connectivity index (χ0n) is 25.3. The van der Waals surface area contributed by atoms with Gasteiger partial charge in [-0.1, -0.05) is 127 Å². The van der Waals surface area contributed by atoms with Gasteiger partial charge in [-0.05, 0) is 116 Å². The number of fused-ring (bicyclic) bond motifs is 5. The Bertz CT molecular complexity index is 2260. The normalized spacial score (nSPS) is 13.0. The topological polar surface area (TPSA) is 3.24 Å². The van der Waals surface area contributed by atoms with Crippen LogP contribution in [0.25, 0.3) is 32.7 Å². The summed E-state index contributed by atoms with van der Waals surface area (Å²) in [6.07, 6.45) is 0. The molecule has 0 aromatic heterocycles. The van der Waals surface area contributed by atoms with Gasteiger partial charge in [0.2, 0.25) is 0 Å². The van der Waals surface area contributed by atoms with E-state index in [1.54, 1.807) is 0 Å². The van der Waals surface area contributed by atoms with E-state index in [4.69, 9.17) is 0 Å². The van der Waals surface area contributed by atoms with Crippen molar-refractivity contribution >= 4 is 38.6 Å². The lowest BCUT2D eigenvalue weighted by atomic mass is 9.67. The van der Waals surface area contributed by atoms with Crippen molar-refractivity contribution in [3.8, 4) is 11.1 Å². The van der Waals surface area contributed by atoms with Gasteiger partial charge in [-0.25, -0.2) is 0 Å². The molecule has 1 aliphatic carbocycles. The van der Waals surface area contributed by atoms with Crippen LogP contribution in [0.5, 0.6) is 0 Å². The van der Waals surface area contributed by atoms with Crippen molar-refractivity contribution in [1.82, 2.24) is 0 Å². The highest BCUT2D eigenvalue weighted by molar-refractivity contribution is 6.03. The minimum Gasteiger partial charge on any atom is -0.310 e. The second kappa shape index (κ2) is 10.6. The average Bonchev–Trinajstić information content (AvgIpc) is 3.41. The molecule has 0 amide bonds. The van der Waals surface area contributed by atoms with Crippen molar-refractivity contribution in [1.29, 1.82) is 0 Å². The van der Waals surface area contributed by atoms with Gasteiger partial charge in [0, 0.05) is 17.1 Å². The van der Waals surface area contributed by atoms with Crippen LogP contribution in [-0.4, -0.2) is 0 Å². The van der Waals surface area contributed by atoms with Crippen molar-refractivity contribution in [3.63, 3.8) is 0 Å². The van der Waals surface area contributed by atoms with Crippen LogP contribution in [0.2, 0.25) is 0 Å². The Morgan fingerprint density at radius 3 is 1.30 bits per heavy atom. The third-order valence-electron chi connectivity index (χ3n) is 9.64. The Hall–Kier alpha value is -5.92. The SMILES string of the molecule is c1ccc(N(c2ccccc2)c2ccc3c(c2)-c2cc4cc5ccccc5cc4cc2C3(c2ccccc2)c2ccccc2)cc1. The number of benzene rings is 8. The lowest BCUT2D eigenvalue weighted by Crippen LogP contribution is -2.28. The first kappa shape index (κ1) is 26.5. The summed E-state index contributed by atoms with van der Waals surface area (Å²) in [5.74, 6) is 0. The molecule has 0 fully saturated rings. The summed E-state index contributed by atoms with van der Waals surface area (Å²) >= 11 is 0. The smallest absolute Gasteiger partial charge is 0.0713 e. The van der Waals surface area contributed by atoms with Crippen molar-refractivity contribution < 1.29 is 0 Å². The molecule has 0 unspecified atom stereocenters. The summed E-state index contributed by atoms with van der Waals surface area (Å²) in [4.78, 5) is 2.36. The highest BCUT2D eigenvalue weighted by Crippen LogP contribution is 2.58. The van der Waals surface area contributed by atoms with Gasteiger partial charge in [0.15, 0.2) is 0 Å². The molecule has 8 aromatic rings. The Morgan fingerprint density at radius 2 is 0.761 bits per heavy atom. The Kier molecular flexibility index (Phi) is 6.11. The van der Waals surface area contributed by atoms with Gasteiger partial charge >= 0.3 is 0 Å². The molecule has 0 N–H and O–H groups in total. The van der Waals surface area contributed by atoms with E-state index in [-0.39, 0.29) is 0 Å². The fourth-order valence-electron chi connectivity index (χ4n) is 7.66.